The van der Waals surface area contributed by atoms with Crippen LogP contribution >= 0.6 is 0 Å². The highest BCUT2D eigenvalue weighted by Crippen LogP contribution is 2.13. The minimum absolute atomic E-state index is 0.0859. The Hall–Kier alpha value is -1.24. The normalized spacial score (nSPS) is 19.3. The number of hydrogen-bond acceptors (Lipinski definition) is 4. The maximum Gasteiger partial charge on any atom is 0.211 e. The molecule has 1 aliphatic heterocycles. The molecular formula is C15H22N2O3S. The van der Waals surface area contributed by atoms with Crippen LogP contribution in [0.3, 0.4) is 0 Å². The van der Waals surface area contributed by atoms with Crippen molar-refractivity contribution in [1.29, 1.82) is 0 Å². The summed E-state index contributed by atoms with van der Waals surface area (Å²) >= 11 is 0. The molecule has 1 unspecified atom stereocenters. The van der Waals surface area contributed by atoms with E-state index in [9.17, 15) is 13.2 Å². The predicted octanol–water partition coefficient (Wildman–Crippen LogP) is 1.08. The molecular weight excluding hydrogens is 288 g/mol. The van der Waals surface area contributed by atoms with E-state index in [2.05, 4.69) is 4.90 Å². The van der Waals surface area contributed by atoms with E-state index in [4.69, 9.17) is 0 Å². The first-order chi connectivity index (χ1) is 9.88. The van der Waals surface area contributed by atoms with Gasteiger partial charge >= 0.3 is 0 Å². The summed E-state index contributed by atoms with van der Waals surface area (Å²) in [6.07, 6.45) is 1.24. The third kappa shape index (κ3) is 4.36. The van der Waals surface area contributed by atoms with Crippen molar-refractivity contribution in [1.82, 2.24) is 9.21 Å². The summed E-state index contributed by atoms with van der Waals surface area (Å²) in [5.74, 6) is 0.0540. The second kappa shape index (κ2) is 6.68. The van der Waals surface area contributed by atoms with Gasteiger partial charge in [-0.05, 0) is 0 Å². The molecule has 1 aliphatic rings. The van der Waals surface area contributed by atoms with Crippen molar-refractivity contribution in [2.45, 2.75) is 6.92 Å². The van der Waals surface area contributed by atoms with Crippen molar-refractivity contribution in [2.24, 2.45) is 5.92 Å². The van der Waals surface area contributed by atoms with Gasteiger partial charge in [-0.3, -0.25) is 9.69 Å². The largest absolute Gasteiger partial charge is 0.300 e. The number of sulfonamides is 1. The number of ketones is 1. The molecule has 6 heteroatoms. The Labute approximate surface area is 126 Å². The fraction of sp³-hybridized carbons (Fsp3) is 0.533. The van der Waals surface area contributed by atoms with E-state index < -0.39 is 10.0 Å². The Kier molecular flexibility index (Phi) is 5.13. The number of Topliss-reactive ketones (excluding diaryl/α,β-unsaturated/α-hetero) is 1. The van der Waals surface area contributed by atoms with Crippen LogP contribution < -0.4 is 0 Å². The van der Waals surface area contributed by atoms with Crippen LogP contribution in [0, 0.1) is 5.92 Å². The molecule has 0 aliphatic carbocycles. The summed E-state index contributed by atoms with van der Waals surface area (Å²) in [7, 11) is -3.10. The highest BCUT2D eigenvalue weighted by atomic mass is 32.2. The van der Waals surface area contributed by atoms with E-state index >= 15 is 0 Å². The van der Waals surface area contributed by atoms with E-state index in [-0.39, 0.29) is 11.7 Å². The molecule has 1 fully saturated rings. The number of piperazine rings is 1. The molecule has 1 atom stereocenters. The van der Waals surface area contributed by atoms with Crippen LogP contribution in [0.15, 0.2) is 30.3 Å². The van der Waals surface area contributed by atoms with E-state index in [0.717, 1.165) is 5.56 Å². The number of benzene rings is 1. The van der Waals surface area contributed by atoms with Crippen molar-refractivity contribution in [3.8, 4) is 0 Å². The molecule has 1 heterocycles. The average Bonchev–Trinajstić information content (AvgIpc) is 2.47. The lowest BCUT2D eigenvalue weighted by Gasteiger charge is -2.34. The molecule has 21 heavy (non-hydrogen) atoms. The van der Waals surface area contributed by atoms with Crippen molar-refractivity contribution in [3.63, 3.8) is 0 Å². The zero-order valence-electron chi connectivity index (χ0n) is 12.5. The molecule has 0 spiro atoms. The minimum atomic E-state index is -3.10. The van der Waals surface area contributed by atoms with Crippen LogP contribution in [-0.2, 0) is 10.0 Å². The summed E-state index contributed by atoms with van der Waals surface area (Å²) in [6.45, 7) is 4.97. The monoisotopic (exact) mass is 310 g/mol. The number of nitrogens with zero attached hydrogens (tertiary/aromatic N) is 2. The quantitative estimate of drug-likeness (QED) is 0.764. The maximum atomic E-state index is 12.3. The molecule has 0 amide bonds. The maximum absolute atomic E-state index is 12.3. The highest BCUT2D eigenvalue weighted by Gasteiger charge is 2.25. The molecule has 0 bridgehead atoms. The van der Waals surface area contributed by atoms with Gasteiger partial charge in [0.15, 0.2) is 5.78 Å². The number of hydrogen-bond donors (Lipinski definition) is 0. The number of rotatable bonds is 5. The van der Waals surface area contributed by atoms with Crippen molar-refractivity contribution >= 4 is 15.8 Å². The average molecular weight is 310 g/mol. The third-order valence-corrected chi connectivity index (χ3v) is 5.14. The van der Waals surface area contributed by atoms with E-state index in [1.807, 2.05) is 37.3 Å². The summed E-state index contributed by atoms with van der Waals surface area (Å²) in [4.78, 5) is 14.5. The van der Waals surface area contributed by atoms with Crippen LogP contribution in [0.25, 0.3) is 0 Å². The molecule has 1 aromatic rings. The van der Waals surface area contributed by atoms with Gasteiger partial charge in [-0.25, -0.2) is 8.42 Å². The van der Waals surface area contributed by atoms with Gasteiger partial charge in [0.05, 0.1) is 6.26 Å². The van der Waals surface area contributed by atoms with Gasteiger partial charge in [0.1, 0.15) is 0 Å². The predicted molar refractivity (Wildman–Crippen MR) is 82.8 cm³/mol. The van der Waals surface area contributed by atoms with E-state index in [1.54, 1.807) is 0 Å². The molecule has 1 saturated heterocycles. The third-order valence-electron chi connectivity index (χ3n) is 3.84. The van der Waals surface area contributed by atoms with Gasteiger partial charge in [-0.2, -0.15) is 4.31 Å². The number of carbonyl (C=O) groups is 1. The van der Waals surface area contributed by atoms with Crippen LogP contribution in [0.1, 0.15) is 17.3 Å². The Bertz CT molecular complexity index is 578. The molecule has 0 saturated carbocycles. The van der Waals surface area contributed by atoms with E-state index in [0.29, 0.717) is 32.7 Å². The summed E-state index contributed by atoms with van der Waals surface area (Å²) in [5, 5.41) is 0. The fourth-order valence-electron chi connectivity index (χ4n) is 2.60. The van der Waals surface area contributed by atoms with Crippen molar-refractivity contribution in [2.75, 3.05) is 39.0 Å². The Morgan fingerprint density at radius 1 is 1.14 bits per heavy atom. The molecule has 5 nitrogen and oxygen atoms in total. The second-order valence-electron chi connectivity index (χ2n) is 5.59. The molecule has 116 valence electrons. The van der Waals surface area contributed by atoms with Gasteiger partial charge < -0.3 is 0 Å². The van der Waals surface area contributed by atoms with Gasteiger partial charge in [-0.1, -0.05) is 37.3 Å². The van der Waals surface area contributed by atoms with Crippen molar-refractivity contribution < 1.29 is 13.2 Å². The standard InChI is InChI=1S/C15H22N2O3S/c1-13(15(18)14-6-4-3-5-7-14)12-16-8-10-17(11-9-16)21(2,19)20/h3-7,13H,8-12H2,1-2H3. The first-order valence-electron chi connectivity index (χ1n) is 7.14. The van der Waals surface area contributed by atoms with Crippen LogP contribution in [0.4, 0.5) is 0 Å². The lowest BCUT2D eigenvalue weighted by atomic mass is 9.99. The Balaban J connectivity index is 1.87. The lowest BCUT2D eigenvalue weighted by Crippen LogP contribution is -2.49. The summed E-state index contributed by atoms with van der Waals surface area (Å²) in [5.41, 5.74) is 0.736. The second-order valence-corrected chi connectivity index (χ2v) is 7.58. The summed E-state index contributed by atoms with van der Waals surface area (Å²) in [6, 6.07) is 9.29. The van der Waals surface area contributed by atoms with Crippen LogP contribution in [0.5, 0.6) is 0 Å². The van der Waals surface area contributed by atoms with Gasteiger partial charge in [0.25, 0.3) is 0 Å². The molecule has 0 N–H and O–H groups in total. The SMILES string of the molecule is CC(CN1CCN(S(C)(=O)=O)CC1)C(=O)c1ccccc1. The van der Waals surface area contributed by atoms with Crippen LogP contribution in [0.2, 0.25) is 0 Å². The molecule has 1 aromatic carbocycles. The smallest absolute Gasteiger partial charge is 0.211 e. The Morgan fingerprint density at radius 2 is 1.71 bits per heavy atom. The van der Waals surface area contributed by atoms with Gasteiger partial charge in [-0.15, -0.1) is 0 Å². The first kappa shape index (κ1) is 16.1. The van der Waals surface area contributed by atoms with Crippen LogP contribution in [-0.4, -0.2) is 62.4 Å². The highest BCUT2D eigenvalue weighted by molar-refractivity contribution is 7.88. The van der Waals surface area contributed by atoms with Gasteiger partial charge in [0, 0.05) is 44.2 Å². The zero-order valence-corrected chi connectivity index (χ0v) is 13.3. The first-order valence-corrected chi connectivity index (χ1v) is 8.99. The topological polar surface area (TPSA) is 57.7 Å². The number of carbonyl (C=O) groups excluding carboxylic acids is 1. The van der Waals surface area contributed by atoms with E-state index in [1.165, 1.54) is 10.6 Å². The fourth-order valence-corrected chi connectivity index (χ4v) is 3.43. The van der Waals surface area contributed by atoms with Crippen molar-refractivity contribution in [3.05, 3.63) is 35.9 Å². The lowest BCUT2D eigenvalue weighted by molar-refractivity contribution is 0.0872. The zero-order chi connectivity index (χ0) is 15.5. The van der Waals surface area contributed by atoms with Gasteiger partial charge in [0.2, 0.25) is 10.0 Å². The minimum Gasteiger partial charge on any atom is -0.300 e. The molecule has 0 aromatic heterocycles. The summed E-state index contributed by atoms with van der Waals surface area (Å²) < 4.78 is 24.4. The molecule has 2 rings (SSSR count). The Morgan fingerprint density at radius 3 is 2.24 bits per heavy atom. The molecule has 0 radical (unpaired) electrons.